The van der Waals surface area contributed by atoms with Gasteiger partial charge in [-0.2, -0.15) is 10.0 Å². The first-order valence-corrected chi connectivity index (χ1v) is 3.65. The van der Waals surface area contributed by atoms with E-state index in [1.807, 2.05) is 0 Å². The molecule has 0 rings (SSSR count). The van der Waals surface area contributed by atoms with Gasteiger partial charge in [-0.05, 0) is 13.8 Å². The molecule has 0 aromatic rings. The van der Waals surface area contributed by atoms with Crippen molar-refractivity contribution in [3.63, 3.8) is 0 Å². The van der Waals surface area contributed by atoms with Crippen molar-refractivity contribution in [3.8, 4) is 0 Å². The van der Waals surface area contributed by atoms with E-state index >= 15 is 0 Å². The SMILES string of the molecule is CC(O)N(C(C)O)N(CO)CO. The smallest absolute Gasteiger partial charge is 0.120 e. The first-order valence-electron chi connectivity index (χ1n) is 3.65. The summed E-state index contributed by atoms with van der Waals surface area (Å²) >= 11 is 0. The molecule has 6 nitrogen and oxygen atoms in total. The van der Waals surface area contributed by atoms with Crippen LogP contribution in [0.4, 0.5) is 0 Å². The predicted molar refractivity (Wildman–Crippen MR) is 41.2 cm³/mol. The highest BCUT2D eigenvalue weighted by Crippen LogP contribution is 2.04. The summed E-state index contributed by atoms with van der Waals surface area (Å²) in [7, 11) is 0. The largest absolute Gasteiger partial charge is 0.380 e. The van der Waals surface area contributed by atoms with Crippen molar-refractivity contribution in [3.05, 3.63) is 0 Å². The molecule has 4 N–H and O–H groups in total. The van der Waals surface area contributed by atoms with Crippen LogP contribution in [0.15, 0.2) is 0 Å². The Kier molecular flexibility index (Phi) is 5.31. The molecule has 0 aromatic carbocycles. The van der Waals surface area contributed by atoms with Crippen molar-refractivity contribution in [1.29, 1.82) is 0 Å². The summed E-state index contributed by atoms with van der Waals surface area (Å²) in [6.45, 7) is 1.91. The Morgan fingerprint density at radius 3 is 1.42 bits per heavy atom. The van der Waals surface area contributed by atoms with Crippen LogP contribution in [0.1, 0.15) is 13.8 Å². The maximum atomic E-state index is 9.12. The molecule has 0 amide bonds. The summed E-state index contributed by atoms with van der Waals surface area (Å²) in [5.41, 5.74) is 0. The Hall–Kier alpha value is -0.240. The minimum atomic E-state index is -0.968. The number of hydrogen-bond acceptors (Lipinski definition) is 6. The molecule has 0 heterocycles. The van der Waals surface area contributed by atoms with Gasteiger partial charge < -0.3 is 20.4 Å². The Bertz CT molecular complexity index is 108. The summed E-state index contributed by atoms with van der Waals surface area (Å²) in [6.07, 6.45) is -1.94. The van der Waals surface area contributed by atoms with Gasteiger partial charge >= 0.3 is 0 Å². The topological polar surface area (TPSA) is 87.4 Å². The zero-order chi connectivity index (χ0) is 9.72. The second kappa shape index (κ2) is 5.41. The predicted octanol–water partition coefficient (Wildman–Crippen LogP) is -1.92. The number of hydrogen-bond donors (Lipinski definition) is 4. The maximum absolute atomic E-state index is 9.12. The molecule has 74 valence electrons. The molecule has 0 aliphatic carbocycles. The summed E-state index contributed by atoms with van der Waals surface area (Å²) in [6, 6.07) is 0. The molecule has 12 heavy (non-hydrogen) atoms. The number of aliphatic hydroxyl groups is 4. The quantitative estimate of drug-likeness (QED) is 0.291. The fourth-order valence-electron chi connectivity index (χ4n) is 0.976. The van der Waals surface area contributed by atoms with Gasteiger partial charge in [-0.15, -0.1) is 0 Å². The van der Waals surface area contributed by atoms with E-state index in [-0.39, 0.29) is 0 Å². The fourth-order valence-corrected chi connectivity index (χ4v) is 0.976. The highest BCUT2D eigenvalue weighted by molar-refractivity contribution is 4.53. The van der Waals surface area contributed by atoms with E-state index in [1.54, 1.807) is 0 Å². The minimum Gasteiger partial charge on any atom is -0.380 e. The van der Waals surface area contributed by atoms with Gasteiger partial charge in [0.1, 0.15) is 25.9 Å². The van der Waals surface area contributed by atoms with Crippen molar-refractivity contribution in [2.24, 2.45) is 0 Å². The average Bonchev–Trinajstić information content (AvgIpc) is 1.98. The molecule has 0 fully saturated rings. The molecule has 0 spiro atoms. The average molecular weight is 180 g/mol. The molecule has 0 aliphatic rings. The van der Waals surface area contributed by atoms with E-state index in [0.717, 1.165) is 10.0 Å². The molecule has 2 atom stereocenters. The normalized spacial score (nSPS) is 17.0. The Balaban J connectivity index is 4.26. The molecular formula is C6H16N2O4. The van der Waals surface area contributed by atoms with Gasteiger partial charge in [-0.1, -0.05) is 0 Å². The zero-order valence-electron chi connectivity index (χ0n) is 7.25. The Labute approximate surface area is 71.2 Å². The monoisotopic (exact) mass is 180 g/mol. The van der Waals surface area contributed by atoms with Crippen LogP contribution < -0.4 is 0 Å². The van der Waals surface area contributed by atoms with E-state index < -0.39 is 25.9 Å². The molecule has 6 heteroatoms. The third kappa shape index (κ3) is 3.02. The first-order chi connectivity index (χ1) is 5.54. The van der Waals surface area contributed by atoms with Gasteiger partial charge in [-0.25, -0.2) is 0 Å². The molecular weight excluding hydrogens is 164 g/mol. The van der Waals surface area contributed by atoms with E-state index in [0.29, 0.717) is 0 Å². The van der Waals surface area contributed by atoms with E-state index in [1.165, 1.54) is 13.8 Å². The number of aliphatic hydroxyl groups excluding tert-OH is 4. The maximum Gasteiger partial charge on any atom is 0.120 e. The van der Waals surface area contributed by atoms with E-state index in [9.17, 15) is 0 Å². The van der Waals surface area contributed by atoms with Gasteiger partial charge in [0, 0.05) is 0 Å². The van der Waals surface area contributed by atoms with Crippen LogP contribution in [-0.4, -0.2) is 56.4 Å². The van der Waals surface area contributed by atoms with Crippen LogP contribution in [0.5, 0.6) is 0 Å². The summed E-state index contributed by atoms with van der Waals surface area (Å²) in [5, 5.41) is 37.7. The molecule has 0 radical (unpaired) electrons. The van der Waals surface area contributed by atoms with Crippen molar-refractivity contribution in [2.45, 2.75) is 26.3 Å². The standard InChI is InChI=1S/C6H16N2O4/c1-5(11)8(6(2)12)7(3-9)4-10/h5-6,9-12H,3-4H2,1-2H3. The molecule has 0 bridgehead atoms. The van der Waals surface area contributed by atoms with E-state index in [4.69, 9.17) is 20.4 Å². The van der Waals surface area contributed by atoms with Crippen molar-refractivity contribution in [1.82, 2.24) is 10.0 Å². The van der Waals surface area contributed by atoms with Crippen LogP contribution in [0.25, 0.3) is 0 Å². The van der Waals surface area contributed by atoms with Crippen molar-refractivity contribution >= 4 is 0 Å². The van der Waals surface area contributed by atoms with Gasteiger partial charge in [0.25, 0.3) is 0 Å². The van der Waals surface area contributed by atoms with Gasteiger partial charge in [0.15, 0.2) is 0 Å². The third-order valence-electron chi connectivity index (χ3n) is 1.42. The first kappa shape index (κ1) is 11.8. The van der Waals surface area contributed by atoms with Crippen molar-refractivity contribution in [2.75, 3.05) is 13.5 Å². The van der Waals surface area contributed by atoms with Crippen LogP contribution in [0.3, 0.4) is 0 Å². The van der Waals surface area contributed by atoms with Crippen LogP contribution in [0, 0.1) is 0 Å². The van der Waals surface area contributed by atoms with Crippen molar-refractivity contribution < 1.29 is 20.4 Å². The van der Waals surface area contributed by atoms with Gasteiger partial charge in [0.05, 0.1) is 0 Å². The van der Waals surface area contributed by atoms with Crippen LogP contribution in [0.2, 0.25) is 0 Å². The van der Waals surface area contributed by atoms with Crippen LogP contribution in [-0.2, 0) is 0 Å². The Morgan fingerprint density at radius 2 is 1.33 bits per heavy atom. The van der Waals surface area contributed by atoms with Gasteiger partial charge in [0.2, 0.25) is 0 Å². The third-order valence-corrected chi connectivity index (χ3v) is 1.42. The Morgan fingerprint density at radius 1 is 1.00 bits per heavy atom. The second-order valence-electron chi connectivity index (χ2n) is 2.43. The highest BCUT2D eigenvalue weighted by atomic mass is 16.4. The molecule has 0 aromatic heterocycles. The zero-order valence-corrected chi connectivity index (χ0v) is 7.25. The van der Waals surface area contributed by atoms with Gasteiger partial charge in [-0.3, -0.25) is 0 Å². The lowest BCUT2D eigenvalue weighted by atomic mass is 10.5. The second-order valence-corrected chi connectivity index (χ2v) is 2.43. The molecule has 0 saturated heterocycles. The fraction of sp³-hybridized carbons (Fsp3) is 1.00. The molecule has 0 saturated carbocycles. The van der Waals surface area contributed by atoms with Crippen LogP contribution >= 0.6 is 0 Å². The lowest BCUT2D eigenvalue weighted by Crippen LogP contribution is -2.53. The summed E-state index contributed by atoms with van der Waals surface area (Å²) in [4.78, 5) is 0. The number of hydrazine groups is 1. The van der Waals surface area contributed by atoms with E-state index in [2.05, 4.69) is 0 Å². The molecule has 0 aliphatic heterocycles. The highest BCUT2D eigenvalue weighted by Gasteiger charge is 2.22. The summed E-state index contributed by atoms with van der Waals surface area (Å²) < 4.78 is 0. The number of nitrogens with zero attached hydrogens (tertiary/aromatic N) is 2. The lowest BCUT2D eigenvalue weighted by Gasteiger charge is -2.35. The lowest BCUT2D eigenvalue weighted by molar-refractivity contribution is -0.245. The number of rotatable bonds is 5. The molecule has 2 unspecified atom stereocenters. The summed E-state index contributed by atoms with van der Waals surface area (Å²) in [5.74, 6) is 0. The minimum absolute atomic E-state index is 0.466.